The van der Waals surface area contributed by atoms with Crippen molar-refractivity contribution in [1.82, 2.24) is 0 Å². The van der Waals surface area contributed by atoms with Gasteiger partial charge in [0.15, 0.2) is 0 Å². The first-order valence-corrected chi connectivity index (χ1v) is 2.99. The summed E-state index contributed by atoms with van der Waals surface area (Å²) in [6.45, 7) is 6.54. The Kier molecular flexibility index (Phi) is 3.65. The molecule has 0 aliphatic heterocycles. The number of halogens is 3. The molecule has 0 saturated carbocycles. The van der Waals surface area contributed by atoms with Crippen molar-refractivity contribution in [3.8, 4) is 0 Å². The van der Waals surface area contributed by atoms with Gasteiger partial charge >= 0.3 is 6.18 Å². The van der Waals surface area contributed by atoms with E-state index < -0.39 is 12.6 Å². The third kappa shape index (κ3) is 6.90. The minimum Gasteiger partial charge on any atom is -0.171 e. The van der Waals surface area contributed by atoms with E-state index in [0.29, 0.717) is 0 Å². The fourth-order valence-corrected chi connectivity index (χ4v) is 0.521. The van der Waals surface area contributed by atoms with Crippen molar-refractivity contribution in [3.63, 3.8) is 0 Å². The maximum Gasteiger partial charge on any atom is 0.393 e. The van der Waals surface area contributed by atoms with E-state index in [0.717, 1.165) is 0 Å². The first kappa shape index (κ1) is 10.0. The highest BCUT2D eigenvalue weighted by Gasteiger charge is 2.27. The number of rotatable bonds is 3. The summed E-state index contributed by atoms with van der Waals surface area (Å²) in [6, 6.07) is 0. The molecule has 0 radical (unpaired) electrons. The molecule has 0 aromatic heterocycles. The van der Waals surface area contributed by atoms with Gasteiger partial charge in [-0.05, 0) is 5.57 Å². The maximum atomic E-state index is 11.6. The molecule has 0 N–H and O–H groups in total. The van der Waals surface area contributed by atoms with E-state index in [2.05, 4.69) is 13.2 Å². The topological polar surface area (TPSA) is 0 Å². The standard InChI is InChI=1S/C8H9F3/c1-3-4-5-7(2)6-8(9,10)11/h3-5H,1-2,6H2. The van der Waals surface area contributed by atoms with Crippen molar-refractivity contribution in [2.45, 2.75) is 12.6 Å². The van der Waals surface area contributed by atoms with Crippen molar-refractivity contribution >= 4 is 0 Å². The number of hydrogen-bond acceptors (Lipinski definition) is 0. The second-order valence-corrected chi connectivity index (χ2v) is 2.05. The zero-order valence-electron chi connectivity index (χ0n) is 5.99. The second-order valence-electron chi connectivity index (χ2n) is 2.05. The largest absolute Gasteiger partial charge is 0.393 e. The van der Waals surface area contributed by atoms with Gasteiger partial charge in [-0.3, -0.25) is 0 Å². The predicted octanol–water partition coefficient (Wildman–Crippen LogP) is 3.24. The highest BCUT2D eigenvalue weighted by molar-refractivity contribution is 5.18. The number of hydrogen-bond donors (Lipinski definition) is 0. The Morgan fingerprint density at radius 2 is 1.91 bits per heavy atom. The van der Waals surface area contributed by atoms with E-state index in [9.17, 15) is 13.2 Å². The quantitative estimate of drug-likeness (QED) is 0.559. The lowest BCUT2D eigenvalue weighted by Crippen LogP contribution is -2.06. The first-order valence-electron chi connectivity index (χ1n) is 2.99. The molecule has 0 aliphatic rings. The molecule has 0 rings (SSSR count). The molecule has 0 spiro atoms. The summed E-state index contributed by atoms with van der Waals surface area (Å²) < 4.78 is 34.8. The van der Waals surface area contributed by atoms with Gasteiger partial charge in [-0.15, -0.1) is 0 Å². The van der Waals surface area contributed by atoms with Gasteiger partial charge in [0.1, 0.15) is 0 Å². The fourth-order valence-electron chi connectivity index (χ4n) is 0.521. The van der Waals surface area contributed by atoms with E-state index in [4.69, 9.17) is 0 Å². The van der Waals surface area contributed by atoms with Crippen LogP contribution in [0.1, 0.15) is 6.42 Å². The Hall–Kier alpha value is -0.990. The van der Waals surface area contributed by atoms with Gasteiger partial charge in [0.25, 0.3) is 0 Å². The van der Waals surface area contributed by atoms with Crippen molar-refractivity contribution in [2.24, 2.45) is 0 Å². The Morgan fingerprint density at radius 1 is 1.36 bits per heavy atom. The Balaban J connectivity index is 3.89. The van der Waals surface area contributed by atoms with Crippen LogP contribution >= 0.6 is 0 Å². The summed E-state index contributed by atoms with van der Waals surface area (Å²) in [5.74, 6) is 0. The monoisotopic (exact) mass is 162 g/mol. The van der Waals surface area contributed by atoms with Crippen LogP contribution in [0.15, 0.2) is 37.0 Å². The molecule has 62 valence electrons. The summed E-state index contributed by atoms with van der Waals surface area (Å²) in [5, 5.41) is 0. The maximum absolute atomic E-state index is 11.6. The molecule has 0 aromatic carbocycles. The van der Waals surface area contributed by atoms with Crippen LogP contribution in [0.4, 0.5) is 13.2 Å². The molecule has 0 atom stereocenters. The van der Waals surface area contributed by atoms with Gasteiger partial charge in [-0.1, -0.05) is 31.4 Å². The highest BCUT2D eigenvalue weighted by Crippen LogP contribution is 2.23. The molecule has 3 heteroatoms. The molecule has 0 heterocycles. The summed E-state index contributed by atoms with van der Waals surface area (Å²) >= 11 is 0. The van der Waals surface area contributed by atoms with Gasteiger partial charge < -0.3 is 0 Å². The Labute approximate surface area is 63.7 Å². The average Bonchev–Trinajstić information content (AvgIpc) is 1.79. The second kappa shape index (κ2) is 4.01. The summed E-state index contributed by atoms with van der Waals surface area (Å²) in [4.78, 5) is 0. The van der Waals surface area contributed by atoms with Gasteiger partial charge in [0.05, 0.1) is 6.42 Å². The van der Waals surface area contributed by atoms with Crippen LogP contribution < -0.4 is 0 Å². The number of alkyl halides is 3. The normalized spacial score (nSPS) is 11.9. The molecular weight excluding hydrogens is 153 g/mol. The lowest BCUT2D eigenvalue weighted by molar-refractivity contribution is -0.126. The summed E-state index contributed by atoms with van der Waals surface area (Å²) in [6.07, 6.45) is -1.00. The average molecular weight is 162 g/mol. The van der Waals surface area contributed by atoms with Crippen LogP contribution in [0, 0.1) is 0 Å². The molecule has 0 aromatic rings. The van der Waals surface area contributed by atoms with E-state index in [-0.39, 0.29) is 5.57 Å². The Morgan fingerprint density at radius 3 is 2.27 bits per heavy atom. The minimum atomic E-state index is -4.16. The molecule has 0 nitrogen and oxygen atoms in total. The molecule has 0 aliphatic carbocycles. The molecule has 0 fully saturated rings. The smallest absolute Gasteiger partial charge is 0.171 e. The van der Waals surface area contributed by atoms with E-state index in [1.54, 1.807) is 0 Å². The SMILES string of the molecule is C=CC=CC(=C)CC(F)(F)F. The van der Waals surface area contributed by atoms with E-state index in [1.807, 2.05) is 0 Å². The minimum absolute atomic E-state index is 0.0393. The molecule has 0 unspecified atom stereocenters. The van der Waals surface area contributed by atoms with Crippen LogP contribution in [-0.4, -0.2) is 6.18 Å². The van der Waals surface area contributed by atoms with Crippen molar-refractivity contribution in [3.05, 3.63) is 37.0 Å². The van der Waals surface area contributed by atoms with Gasteiger partial charge in [-0.25, -0.2) is 0 Å². The van der Waals surface area contributed by atoms with Crippen molar-refractivity contribution < 1.29 is 13.2 Å². The zero-order chi connectivity index (χ0) is 8.91. The van der Waals surface area contributed by atoms with Crippen molar-refractivity contribution in [1.29, 1.82) is 0 Å². The number of allylic oxidation sites excluding steroid dienone is 4. The fraction of sp³-hybridized carbons (Fsp3) is 0.250. The predicted molar refractivity (Wildman–Crippen MR) is 39.1 cm³/mol. The highest BCUT2D eigenvalue weighted by atomic mass is 19.4. The van der Waals surface area contributed by atoms with E-state index in [1.165, 1.54) is 18.2 Å². The summed E-state index contributed by atoms with van der Waals surface area (Å²) in [7, 11) is 0. The van der Waals surface area contributed by atoms with Crippen LogP contribution in [-0.2, 0) is 0 Å². The summed E-state index contributed by atoms with van der Waals surface area (Å²) in [5.41, 5.74) is 0.0393. The van der Waals surface area contributed by atoms with Crippen LogP contribution in [0.5, 0.6) is 0 Å². The van der Waals surface area contributed by atoms with Crippen LogP contribution in [0.25, 0.3) is 0 Å². The van der Waals surface area contributed by atoms with Crippen LogP contribution in [0.2, 0.25) is 0 Å². The third-order valence-electron chi connectivity index (χ3n) is 0.896. The molecule has 0 bridgehead atoms. The van der Waals surface area contributed by atoms with Crippen molar-refractivity contribution in [2.75, 3.05) is 0 Å². The molecule has 11 heavy (non-hydrogen) atoms. The third-order valence-corrected chi connectivity index (χ3v) is 0.896. The van der Waals surface area contributed by atoms with Gasteiger partial charge in [0, 0.05) is 0 Å². The van der Waals surface area contributed by atoms with Gasteiger partial charge in [-0.2, -0.15) is 13.2 Å². The lowest BCUT2D eigenvalue weighted by atomic mass is 10.2. The Bertz CT molecular complexity index is 174. The first-order chi connectivity index (χ1) is 4.95. The molecule has 0 saturated heterocycles. The zero-order valence-corrected chi connectivity index (χ0v) is 5.99. The van der Waals surface area contributed by atoms with E-state index >= 15 is 0 Å². The van der Waals surface area contributed by atoms with Crippen LogP contribution in [0.3, 0.4) is 0 Å². The molecular formula is C8H9F3. The molecule has 0 amide bonds. The van der Waals surface area contributed by atoms with Gasteiger partial charge in [0.2, 0.25) is 0 Å². The lowest BCUT2D eigenvalue weighted by Gasteiger charge is -2.04.